The summed E-state index contributed by atoms with van der Waals surface area (Å²) >= 11 is 13.9. The Balaban J connectivity index is 1.78. The maximum atomic E-state index is 13.1. The molecule has 0 unspecified atom stereocenters. The van der Waals surface area contributed by atoms with Crippen LogP contribution in [-0.4, -0.2) is 69.9 Å². The molecule has 1 aliphatic rings. The van der Waals surface area contributed by atoms with Crippen molar-refractivity contribution in [1.29, 1.82) is 0 Å². The van der Waals surface area contributed by atoms with Gasteiger partial charge >= 0.3 is 12.3 Å². The number of halogens is 5. The van der Waals surface area contributed by atoms with Crippen molar-refractivity contribution in [3.63, 3.8) is 0 Å². The maximum Gasteiger partial charge on any atom is 0.573 e. The van der Waals surface area contributed by atoms with Crippen LogP contribution >= 0.6 is 23.2 Å². The van der Waals surface area contributed by atoms with Crippen LogP contribution in [0.5, 0.6) is 5.75 Å². The molecule has 0 radical (unpaired) electrons. The average Bonchev–Trinajstić information content (AvgIpc) is 3.36. The van der Waals surface area contributed by atoms with Crippen LogP contribution in [0.15, 0.2) is 48.5 Å². The van der Waals surface area contributed by atoms with E-state index in [-0.39, 0.29) is 57.4 Å². The Hall–Kier alpha value is -4.24. The smallest absolute Gasteiger partial charge is 0.478 e. The van der Waals surface area contributed by atoms with Gasteiger partial charge in [0.05, 0.1) is 63.4 Å². The van der Waals surface area contributed by atoms with Gasteiger partial charge in [0, 0.05) is 30.7 Å². The summed E-state index contributed by atoms with van der Waals surface area (Å²) in [5, 5.41) is 24.5. The number of nitrogens with zero attached hydrogens (tertiary/aromatic N) is 4. The monoisotopic (exact) mass is 751 g/mol. The maximum absolute atomic E-state index is 13.1. The van der Waals surface area contributed by atoms with E-state index >= 15 is 0 Å². The molecule has 0 saturated carbocycles. The SMILES string of the molecule is CC(C)(O)Cn1c(N(c2ccc(OC(F)(F)F)cc2)c2c(Cl)ccc(CNC(=O)C(C)(C)C)c2Cl)nc2cc(C(=O)O)c(N3CCOCC3)cc21. The lowest BCUT2D eigenvalue weighted by molar-refractivity contribution is -0.274. The zero-order valence-corrected chi connectivity index (χ0v) is 30.1. The number of benzene rings is 3. The average molecular weight is 753 g/mol. The second kappa shape index (κ2) is 14.4. The van der Waals surface area contributed by atoms with Crippen molar-refractivity contribution in [3.8, 4) is 5.75 Å². The summed E-state index contributed by atoms with van der Waals surface area (Å²) in [5.41, 5.74) is 0.0105. The number of amides is 1. The Kier molecular flexibility index (Phi) is 10.7. The van der Waals surface area contributed by atoms with Crippen molar-refractivity contribution in [1.82, 2.24) is 14.9 Å². The Morgan fingerprint density at radius 1 is 1.02 bits per heavy atom. The predicted molar refractivity (Wildman–Crippen MR) is 189 cm³/mol. The number of fused-ring (bicyclic) bond motifs is 1. The van der Waals surface area contributed by atoms with Crippen molar-refractivity contribution >= 4 is 69.1 Å². The van der Waals surface area contributed by atoms with Gasteiger partial charge < -0.3 is 34.5 Å². The molecule has 0 aliphatic carbocycles. The number of hydrogen-bond donors (Lipinski definition) is 3. The number of anilines is 4. The van der Waals surface area contributed by atoms with E-state index in [2.05, 4.69) is 10.1 Å². The molecular weight excluding hydrogens is 714 g/mol. The fourth-order valence-corrected chi connectivity index (χ4v) is 6.21. The zero-order chi connectivity index (χ0) is 37.5. The molecule has 51 heavy (non-hydrogen) atoms. The zero-order valence-electron chi connectivity index (χ0n) is 28.6. The van der Waals surface area contributed by atoms with Crippen molar-refractivity contribution < 1.29 is 42.4 Å². The summed E-state index contributed by atoms with van der Waals surface area (Å²) < 4.78 is 50.5. The van der Waals surface area contributed by atoms with Gasteiger partial charge in [-0.1, -0.05) is 50.0 Å². The van der Waals surface area contributed by atoms with Crippen LogP contribution in [0.4, 0.5) is 36.2 Å². The van der Waals surface area contributed by atoms with E-state index in [1.807, 2.05) is 4.90 Å². The van der Waals surface area contributed by atoms with Gasteiger partial charge in [-0.05, 0) is 61.9 Å². The van der Waals surface area contributed by atoms with Gasteiger partial charge in [0.25, 0.3) is 0 Å². The van der Waals surface area contributed by atoms with Crippen LogP contribution in [0, 0.1) is 5.41 Å². The van der Waals surface area contributed by atoms with E-state index in [0.717, 1.165) is 12.1 Å². The summed E-state index contributed by atoms with van der Waals surface area (Å²) in [7, 11) is 0. The van der Waals surface area contributed by atoms with Gasteiger partial charge in [-0.2, -0.15) is 0 Å². The Labute approximate surface area is 302 Å². The molecule has 0 bridgehead atoms. The molecule has 1 fully saturated rings. The number of carboxylic acids is 1. The van der Waals surface area contributed by atoms with Gasteiger partial charge in [-0.25, -0.2) is 9.78 Å². The quantitative estimate of drug-likeness (QED) is 0.149. The summed E-state index contributed by atoms with van der Waals surface area (Å²) in [6.45, 7) is 10.1. The second-order valence-electron chi connectivity index (χ2n) is 13.8. The molecule has 5 rings (SSSR count). The van der Waals surface area contributed by atoms with E-state index in [9.17, 15) is 33.0 Å². The molecule has 0 atom stereocenters. The third kappa shape index (κ3) is 8.80. The highest BCUT2D eigenvalue weighted by Gasteiger charge is 2.33. The van der Waals surface area contributed by atoms with Crippen molar-refractivity contribution in [2.75, 3.05) is 36.1 Å². The third-order valence-electron chi connectivity index (χ3n) is 7.99. The fourth-order valence-electron chi connectivity index (χ4n) is 5.60. The summed E-state index contributed by atoms with van der Waals surface area (Å²) in [6.07, 6.45) is -4.93. The third-order valence-corrected chi connectivity index (χ3v) is 8.72. The summed E-state index contributed by atoms with van der Waals surface area (Å²) in [4.78, 5) is 33.5. The van der Waals surface area contributed by atoms with E-state index in [1.54, 1.807) is 57.4 Å². The number of aliphatic hydroxyl groups is 1. The number of rotatable bonds is 10. The molecule has 3 N–H and O–H groups in total. The number of aromatic nitrogens is 2. The van der Waals surface area contributed by atoms with Gasteiger partial charge in [0.1, 0.15) is 5.75 Å². The molecule has 0 spiro atoms. The Morgan fingerprint density at radius 3 is 2.24 bits per heavy atom. The van der Waals surface area contributed by atoms with E-state index in [0.29, 0.717) is 43.1 Å². The number of carbonyl (C=O) groups excluding carboxylic acids is 1. The van der Waals surface area contributed by atoms with Gasteiger partial charge in [-0.15, -0.1) is 13.2 Å². The Morgan fingerprint density at radius 2 is 1.67 bits per heavy atom. The normalized spacial score (nSPS) is 14.1. The Bertz CT molecular complexity index is 1930. The van der Waals surface area contributed by atoms with E-state index in [1.165, 1.54) is 23.1 Å². The number of ether oxygens (including phenoxy) is 2. The van der Waals surface area contributed by atoms with Crippen molar-refractivity contribution in [2.45, 2.75) is 59.7 Å². The first-order valence-corrected chi connectivity index (χ1v) is 16.7. The van der Waals surface area contributed by atoms with Gasteiger partial charge in [0.15, 0.2) is 0 Å². The topological polar surface area (TPSA) is 129 Å². The first-order chi connectivity index (χ1) is 23.7. The fraction of sp³-hybridized carbons (Fsp3) is 0.400. The molecule has 11 nitrogen and oxygen atoms in total. The van der Waals surface area contributed by atoms with Crippen molar-refractivity contribution in [2.24, 2.45) is 5.41 Å². The number of hydrogen-bond acceptors (Lipinski definition) is 8. The van der Waals surface area contributed by atoms with Crippen LogP contribution in [0.1, 0.15) is 50.5 Å². The van der Waals surface area contributed by atoms with E-state index in [4.69, 9.17) is 32.9 Å². The number of alkyl halides is 3. The second-order valence-corrected chi connectivity index (χ2v) is 14.5. The lowest BCUT2D eigenvalue weighted by Crippen LogP contribution is -2.37. The molecule has 1 amide bonds. The minimum atomic E-state index is -4.93. The number of morpholine rings is 1. The summed E-state index contributed by atoms with van der Waals surface area (Å²) in [6, 6.07) is 11.3. The standard InChI is InChI=1S/C35H38Cl2F3N5O6/c1-33(2,3)31(48)41-18-20-6-11-24(36)29(28(20)37)45(21-7-9-22(10-8-21)51-35(38,39)40)32-42-25-16-23(30(46)47)26(43-12-14-50-15-13-43)17-27(25)44(32)19-34(4,5)49/h6-11,16-17,49H,12-15,18-19H2,1-5H3,(H,41,48)(H,46,47). The first-order valence-electron chi connectivity index (χ1n) is 16.0. The molecule has 2 heterocycles. The van der Waals surface area contributed by atoms with Crippen LogP contribution in [0.3, 0.4) is 0 Å². The van der Waals surface area contributed by atoms with Crippen LogP contribution in [0.2, 0.25) is 10.0 Å². The molecule has 1 aliphatic heterocycles. The highest BCUT2D eigenvalue weighted by atomic mass is 35.5. The number of nitrogens with one attached hydrogen (secondary N) is 1. The lowest BCUT2D eigenvalue weighted by atomic mass is 9.95. The highest BCUT2D eigenvalue weighted by Crippen LogP contribution is 2.46. The van der Waals surface area contributed by atoms with Gasteiger partial charge in [-0.3, -0.25) is 9.69 Å². The molecular formula is C35H38Cl2F3N5O6. The molecule has 274 valence electrons. The molecule has 1 saturated heterocycles. The van der Waals surface area contributed by atoms with Crippen LogP contribution in [0.25, 0.3) is 11.0 Å². The minimum Gasteiger partial charge on any atom is -0.478 e. The highest BCUT2D eigenvalue weighted by molar-refractivity contribution is 6.40. The lowest BCUT2D eigenvalue weighted by Gasteiger charge is -2.31. The largest absolute Gasteiger partial charge is 0.573 e. The van der Waals surface area contributed by atoms with Crippen molar-refractivity contribution in [3.05, 3.63) is 69.7 Å². The summed E-state index contributed by atoms with van der Waals surface area (Å²) in [5.74, 6) is -1.77. The molecule has 1 aromatic heterocycles. The molecule has 16 heteroatoms. The predicted octanol–water partition coefficient (Wildman–Crippen LogP) is 7.68. The minimum absolute atomic E-state index is 0.00304. The first kappa shape index (κ1) is 38.0. The van der Waals surface area contributed by atoms with Crippen LogP contribution in [-0.2, 0) is 22.6 Å². The van der Waals surface area contributed by atoms with E-state index < -0.39 is 29.1 Å². The number of aromatic carboxylic acids is 1. The van der Waals surface area contributed by atoms with Crippen LogP contribution < -0.4 is 19.9 Å². The molecule has 3 aromatic carbocycles. The molecule has 4 aromatic rings. The number of imidazole rings is 1. The number of carbonyl (C=O) groups is 2. The number of carboxylic acid groups (broad SMARTS) is 1. The van der Waals surface area contributed by atoms with Gasteiger partial charge in [0.2, 0.25) is 11.9 Å².